The smallest absolute Gasteiger partial charge is 0.301 e. The number of carbonyl (C=O) groups is 2. The molecule has 0 aliphatic carbocycles. The van der Waals surface area contributed by atoms with Crippen LogP contribution in [-0.4, -0.2) is 45.2 Å². The van der Waals surface area contributed by atoms with Crippen LogP contribution in [0.2, 0.25) is 0 Å². The molecule has 216 valence electrons. The maximum atomic E-state index is 13.6. The van der Waals surface area contributed by atoms with Gasteiger partial charge in [-0.25, -0.2) is 0 Å². The van der Waals surface area contributed by atoms with Gasteiger partial charge >= 0.3 is 5.91 Å². The van der Waals surface area contributed by atoms with E-state index in [1.807, 2.05) is 37.3 Å². The molecule has 1 aliphatic heterocycles. The van der Waals surface area contributed by atoms with Crippen molar-refractivity contribution in [3.05, 3.63) is 95.3 Å². The number of aromatic nitrogens is 3. The van der Waals surface area contributed by atoms with Crippen LogP contribution in [0.25, 0.3) is 5.76 Å². The lowest BCUT2D eigenvalue weighted by molar-refractivity contribution is -0.132. The number of nitrogens with zero attached hydrogens (tertiary/aromatic N) is 4. The average Bonchev–Trinajstić information content (AvgIpc) is 3.59. The van der Waals surface area contributed by atoms with Gasteiger partial charge in [0.25, 0.3) is 5.78 Å². The van der Waals surface area contributed by atoms with E-state index < -0.39 is 17.7 Å². The van der Waals surface area contributed by atoms with Gasteiger partial charge < -0.3 is 14.6 Å². The number of ether oxygens (including phenoxy) is 2. The van der Waals surface area contributed by atoms with E-state index in [0.29, 0.717) is 45.9 Å². The molecule has 42 heavy (non-hydrogen) atoms. The Kier molecular flexibility index (Phi) is 9.50. The van der Waals surface area contributed by atoms with Gasteiger partial charge in [0, 0.05) is 23.7 Å². The lowest BCUT2D eigenvalue weighted by atomic mass is 9.95. The zero-order chi connectivity index (χ0) is 29.5. The fourth-order valence-electron chi connectivity index (χ4n) is 4.50. The number of hydrogen-bond acceptors (Lipinski definition) is 10. The van der Waals surface area contributed by atoms with Gasteiger partial charge in [-0.1, -0.05) is 72.8 Å². The van der Waals surface area contributed by atoms with Crippen LogP contribution in [0.5, 0.6) is 11.5 Å². The molecule has 1 amide bonds. The molecule has 0 spiro atoms. The molecule has 0 saturated carbocycles. The maximum Gasteiger partial charge on any atom is 0.301 e. The van der Waals surface area contributed by atoms with Crippen LogP contribution >= 0.6 is 23.1 Å². The molecule has 0 bridgehead atoms. The Bertz CT molecular complexity index is 1580. The Hall–Kier alpha value is -4.22. The minimum absolute atomic E-state index is 0.0537. The van der Waals surface area contributed by atoms with Crippen LogP contribution in [0, 0.1) is 0 Å². The first-order valence-corrected chi connectivity index (χ1v) is 15.4. The van der Waals surface area contributed by atoms with Crippen molar-refractivity contribution >= 4 is 45.7 Å². The lowest BCUT2D eigenvalue weighted by Crippen LogP contribution is -2.29. The standard InChI is InChI=1S/C31H30N4O5S2/c1-3-5-17-40-23-12-11-22(18-24(23)39-4-2)26-25(27(36)21-13-15-32-16-14-21)28(37)29(38)35(26)30-33-34-31(42-30)41-19-20-9-7-6-8-10-20/h6-16,18,26,36H,3-5,17,19H2,1-2H3. The van der Waals surface area contributed by atoms with Crippen molar-refractivity contribution in [1.29, 1.82) is 0 Å². The Labute approximate surface area is 252 Å². The number of Topliss-reactive ketones (excluding diaryl/α,β-unsaturated/α-hetero) is 1. The summed E-state index contributed by atoms with van der Waals surface area (Å²) in [5.74, 6) is -0.186. The molecule has 1 atom stereocenters. The van der Waals surface area contributed by atoms with Crippen LogP contribution in [0.3, 0.4) is 0 Å². The van der Waals surface area contributed by atoms with Crippen LogP contribution in [-0.2, 0) is 15.3 Å². The third kappa shape index (κ3) is 6.32. The second-order valence-corrected chi connectivity index (χ2v) is 11.5. The van der Waals surface area contributed by atoms with E-state index >= 15 is 0 Å². The number of pyridine rings is 1. The Morgan fingerprint density at radius 3 is 2.52 bits per heavy atom. The van der Waals surface area contributed by atoms with Gasteiger partial charge in [-0.05, 0) is 48.7 Å². The largest absolute Gasteiger partial charge is 0.507 e. The summed E-state index contributed by atoms with van der Waals surface area (Å²) in [6, 6.07) is 17.4. The third-order valence-electron chi connectivity index (χ3n) is 6.54. The fraction of sp³-hybridized carbons (Fsp3) is 0.258. The van der Waals surface area contributed by atoms with Gasteiger partial charge in [0.05, 0.1) is 24.8 Å². The number of hydrogen-bond donors (Lipinski definition) is 1. The first-order chi connectivity index (χ1) is 20.5. The predicted octanol–water partition coefficient (Wildman–Crippen LogP) is 6.43. The van der Waals surface area contributed by atoms with Gasteiger partial charge in [-0.15, -0.1) is 10.2 Å². The molecule has 0 radical (unpaired) electrons. The minimum atomic E-state index is -0.970. The Morgan fingerprint density at radius 2 is 1.79 bits per heavy atom. The monoisotopic (exact) mass is 602 g/mol. The number of carbonyl (C=O) groups excluding carboxylic acids is 2. The number of thioether (sulfide) groups is 1. The van der Waals surface area contributed by atoms with Gasteiger partial charge in [0.15, 0.2) is 15.8 Å². The number of rotatable bonds is 12. The second-order valence-electron chi connectivity index (χ2n) is 9.37. The van der Waals surface area contributed by atoms with E-state index in [1.54, 1.807) is 30.3 Å². The number of ketones is 1. The van der Waals surface area contributed by atoms with Crippen molar-refractivity contribution in [3.8, 4) is 11.5 Å². The SMILES string of the molecule is CCCCOc1ccc(C2C(=C(O)c3ccncc3)C(=O)C(=O)N2c2nnc(SCc3ccccc3)s2)cc1OCC. The number of aliphatic hydroxyl groups is 1. The minimum Gasteiger partial charge on any atom is -0.507 e. The van der Waals surface area contributed by atoms with Crippen LogP contribution < -0.4 is 14.4 Å². The molecule has 1 aliphatic rings. The third-order valence-corrected chi connectivity index (χ3v) is 8.67. The summed E-state index contributed by atoms with van der Waals surface area (Å²) in [5, 5.41) is 20.2. The highest BCUT2D eigenvalue weighted by molar-refractivity contribution is 8.00. The Balaban J connectivity index is 1.56. The first-order valence-electron chi connectivity index (χ1n) is 13.6. The molecule has 1 N–H and O–H groups in total. The summed E-state index contributed by atoms with van der Waals surface area (Å²) >= 11 is 2.71. The number of anilines is 1. The summed E-state index contributed by atoms with van der Waals surface area (Å²) in [6.45, 7) is 4.88. The molecular weight excluding hydrogens is 572 g/mol. The Morgan fingerprint density at radius 1 is 1.00 bits per heavy atom. The van der Waals surface area contributed by atoms with Crippen molar-refractivity contribution in [3.63, 3.8) is 0 Å². The molecule has 1 saturated heterocycles. The summed E-state index contributed by atoms with van der Waals surface area (Å²) in [5.41, 5.74) is 2.00. The number of unbranched alkanes of at least 4 members (excludes halogenated alkanes) is 1. The molecule has 1 unspecified atom stereocenters. The van der Waals surface area contributed by atoms with E-state index in [9.17, 15) is 14.7 Å². The van der Waals surface area contributed by atoms with E-state index in [0.717, 1.165) is 18.4 Å². The van der Waals surface area contributed by atoms with Gasteiger partial charge in [0.1, 0.15) is 5.76 Å². The quantitative estimate of drug-likeness (QED) is 0.0489. The highest BCUT2D eigenvalue weighted by Gasteiger charge is 2.48. The summed E-state index contributed by atoms with van der Waals surface area (Å²) in [6.07, 6.45) is 4.90. The topological polar surface area (TPSA) is 115 Å². The van der Waals surface area contributed by atoms with E-state index in [2.05, 4.69) is 22.1 Å². The molecule has 9 nitrogen and oxygen atoms in total. The number of benzene rings is 2. The molecule has 11 heteroatoms. The summed E-state index contributed by atoms with van der Waals surface area (Å²) in [4.78, 5) is 32.4. The number of amides is 1. The van der Waals surface area contributed by atoms with Gasteiger partial charge in [-0.3, -0.25) is 19.5 Å². The first kappa shape index (κ1) is 29.3. The van der Waals surface area contributed by atoms with Crippen molar-refractivity contribution in [1.82, 2.24) is 15.2 Å². The van der Waals surface area contributed by atoms with Gasteiger partial charge in [0.2, 0.25) is 5.13 Å². The van der Waals surface area contributed by atoms with Crippen molar-refractivity contribution in [2.45, 2.75) is 42.8 Å². The zero-order valence-electron chi connectivity index (χ0n) is 23.2. The van der Waals surface area contributed by atoms with E-state index in [-0.39, 0.29) is 16.5 Å². The van der Waals surface area contributed by atoms with Crippen LogP contribution in [0.15, 0.2) is 83.0 Å². The van der Waals surface area contributed by atoms with Crippen LogP contribution in [0.1, 0.15) is 49.4 Å². The number of aliphatic hydroxyl groups excluding tert-OH is 1. The second kappa shape index (κ2) is 13.6. The fourth-order valence-corrected chi connectivity index (χ4v) is 6.32. The summed E-state index contributed by atoms with van der Waals surface area (Å²) < 4.78 is 12.5. The average molecular weight is 603 g/mol. The maximum absolute atomic E-state index is 13.6. The highest BCUT2D eigenvalue weighted by Crippen LogP contribution is 2.45. The normalized spacial score (nSPS) is 16.1. The zero-order valence-corrected chi connectivity index (χ0v) is 24.9. The van der Waals surface area contributed by atoms with Gasteiger partial charge in [-0.2, -0.15) is 0 Å². The molecular formula is C31H30N4O5S2. The molecule has 2 aromatic carbocycles. The van der Waals surface area contributed by atoms with E-state index in [1.165, 1.54) is 40.4 Å². The molecule has 4 aromatic rings. The molecule has 5 rings (SSSR count). The molecule has 2 aromatic heterocycles. The van der Waals surface area contributed by atoms with Crippen LogP contribution in [0.4, 0.5) is 5.13 Å². The lowest BCUT2D eigenvalue weighted by Gasteiger charge is -2.23. The van der Waals surface area contributed by atoms with Crippen molar-refractivity contribution in [2.75, 3.05) is 18.1 Å². The predicted molar refractivity (Wildman–Crippen MR) is 163 cm³/mol. The highest BCUT2D eigenvalue weighted by atomic mass is 32.2. The molecule has 1 fully saturated rings. The molecule has 3 heterocycles. The summed E-state index contributed by atoms with van der Waals surface area (Å²) in [7, 11) is 0. The van der Waals surface area contributed by atoms with Crippen molar-refractivity contribution < 1.29 is 24.2 Å². The van der Waals surface area contributed by atoms with E-state index in [4.69, 9.17) is 9.47 Å². The van der Waals surface area contributed by atoms with Crippen molar-refractivity contribution in [2.24, 2.45) is 0 Å².